The van der Waals surface area contributed by atoms with Crippen LogP contribution < -0.4 is 5.32 Å². The molecule has 0 fully saturated rings. The van der Waals surface area contributed by atoms with Crippen LogP contribution in [0.25, 0.3) is 0 Å². The van der Waals surface area contributed by atoms with Crippen LogP contribution in [-0.2, 0) is 19.8 Å². The minimum absolute atomic E-state index is 0.00944. The molecule has 2 heterocycles. The van der Waals surface area contributed by atoms with Crippen molar-refractivity contribution in [3.8, 4) is 0 Å². The summed E-state index contributed by atoms with van der Waals surface area (Å²) < 4.78 is 39.5. The highest BCUT2D eigenvalue weighted by Crippen LogP contribution is 2.27. The van der Waals surface area contributed by atoms with E-state index < -0.39 is 29.8 Å². The summed E-state index contributed by atoms with van der Waals surface area (Å²) >= 11 is 0. The number of aryl methyl sites for hydroxylation is 1. The zero-order valence-corrected chi connectivity index (χ0v) is 12.7. The fourth-order valence-corrected chi connectivity index (χ4v) is 2.10. The molecule has 0 saturated heterocycles. The van der Waals surface area contributed by atoms with Gasteiger partial charge in [0.1, 0.15) is 0 Å². The predicted molar refractivity (Wildman–Crippen MR) is 74.3 cm³/mol. The number of aromatic carboxylic acids is 1. The van der Waals surface area contributed by atoms with Crippen LogP contribution >= 0.6 is 0 Å². The number of nitrogens with one attached hydrogen (secondary N) is 1. The number of hydrogen-bond acceptors (Lipinski definition) is 4. The molecule has 1 unspecified atom stereocenters. The summed E-state index contributed by atoms with van der Waals surface area (Å²) in [6, 6.07) is 0.249. The highest BCUT2D eigenvalue weighted by atomic mass is 19.4. The lowest BCUT2D eigenvalue weighted by Crippen LogP contribution is -2.36. The molecule has 2 aromatic heterocycles. The molecule has 8 nitrogen and oxygen atoms in total. The minimum atomic E-state index is -4.54. The van der Waals surface area contributed by atoms with Crippen LogP contribution in [0.5, 0.6) is 0 Å². The molecule has 0 spiro atoms. The van der Waals surface area contributed by atoms with Gasteiger partial charge in [0, 0.05) is 19.3 Å². The topological polar surface area (TPSA) is 102 Å². The molecular weight excluding hydrogens is 331 g/mol. The number of carboxylic acid groups (broad SMARTS) is 1. The maximum atomic E-state index is 12.5. The third-order valence-corrected chi connectivity index (χ3v) is 3.16. The molecule has 0 aliphatic rings. The molecule has 1 atom stereocenters. The Kier molecular flexibility index (Phi) is 4.62. The highest BCUT2D eigenvalue weighted by molar-refractivity contribution is 6.03. The molecule has 2 aromatic rings. The van der Waals surface area contributed by atoms with E-state index in [4.69, 9.17) is 5.11 Å². The van der Waals surface area contributed by atoms with Crippen LogP contribution in [0.1, 0.15) is 33.5 Å². The van der Waals surface area contributed by atoms with Crippen molar-refractivity contribution in [2.45, 2.75) is 25.7 Å². The maximum absolute atomic E-state index is 12.5. The second-order valence-corrected chi connectivity index (χ2v) is 5.13. The third kappa shape index (κ3) is 3.73. The van der Waals surface area contributed by atoms with Gasteiger partial charge in [-0.2, -0.15) is 23.4 Å². The van der Waals surface area contributed by atoms with E-state index in [1.807, 2.05) is 0 Å². The van der Waals surface area contributed by atoms with E-state index >= 15 is 0 Å². The monoisotopic (exact) mass is 345 g/mol. The van der Waals surface area contributed by atoms with Gasteiger partial charge in [0.05, 0.1) is 18.3 Å². The Hall–Kier alpha value is -2.85. The number of alkyl halides is 3. The number of halogens is 3. The second-order valence-electron chi connectivity index (χ2n) is 5.13. The van der Waals surface area contributed by atoms with Crippen LogP contribution in [0.15, 0.2) is 18.5 Å². The van der Waals surface area contributed by atoms with Gasteiger partial charge in [0.15, 0.2) is 11.4 Å². The van der Waals surface area contributed by atoms with Crippen molar-refractivity contribution in [1.82, 2.24) is 24.9 Å². The standard InChI is InChI=1S/C13H14F3N5O3/c1-7(6-21-4-3-9(19-21)13(14,15)16)18-11(22)8-5-17-20(2)10(8)12(23)24/h3-5,7H,6H2,1-2H3,(H,18,22)(H,23,24). The first-order valence-corrected chi connectivity index (χ1v) is 6.76. The van der Waals surface area contributed by atoms with Gasteiger partial charge in [-0.15, -0.1) is 0 Å². The first kappa shape index (κ1) is 17.5. The van der Waals surface area contributed by atoms with Crippen LogP contribution in [0.2, 0.25) is 0 Å². The molecular formula is C13H14F3N5O3. The molecule has 11 heteroatoms. The van der Waals surface area contributed by atoms with E-state index in [9.17, 15) is 22.8 Å². The molecule has 0 radical (unpaired) electrons. The van der Waals surface area contributed by atoms with Crippen LogP contribution in [0.4, 0.5) is 13.2 Å². The van der Waals surface area contributed by atoms with Crippen molar-refractivity contribution >= 4 is 11.9 Å². The molecule has 130 valence electrons. The van der Waals surface area contributed by atoms with Crippen molar-refractivity contribution in [3.63, 3.8) is 0 Å². The van der Waals surface area contributed by atoms with Gasteiger partial charge < -0.3 is 10.4 Å². The summed E-state index contributed by atoms with van der Waals surface area (Å²) in [6.45, 7) is 1.55. The Bertz CT molecular complexity index is 765. The third-order valence-electron chi connectivity index (χ3n) is 3.16. The normalized spacial score (nSPS) is 12.9. The summed E-state index contributed by atoms with van der Waals surface area (Å²) in [5.74, 6) is -1.99. The maximum Gasteiger partial charge on any atom is 0.435 e. The Labute approximate surface area is 133 Å². The predicted octanol–water partition coefficient (Wildman–Crippen LogP) is 1.15. The van der Waals surface area contributed by atoms with Gasteiger partial charge in [-0.25, -0.2) is 4.79 Å². The molecule has 24 heavy (non-hydrogen) atoms. The average Bonchev–Trinajstić information content (AvgIpc) is 3.04. The summed E-state index contributed by atoms with van der Waals surface area (Å²) in [7, 11) is 1.38. The van der Waals surface area contributed by atoms with E-state index in [-0.39, 0.29) is 17.8 Å². The van der Waals surface area contributed by atoms with E-state index in [2.05, 4.69) is 15.5 Å². The molecule has 0 aliphatic carbocycles. The van der Waals surface area contributed by atoms with E-state index in [0.29, 0.717) is 0 Å². The summed E-state index contributed by atoms with van der Waals surface area (Å²) in [6.07, 6.45) is -2.27. The van der Waals surface area contributed by atoms with Gasteiger partial charge >= 0.3 is 12.1 Å². The second kappa shape index (κ2) is 6.34. The molecule has 2 N–H and O–H groups in total. The molecule has 0 aromatic carbocycles. The van der Waals surface area contributed by atoms with Gasteiger partial charge in [-0.1, -0.05) is 0 Å². The summed E-state index contributed by atoms with van der Waals surface area (Å²) in [5.41, 5.74) is -1.44. The molecule has 2 rings (SSSR count). The lowest BCUT2D eigenvalue weighted by atomic mass is 10.2. The van der Waals surface area contributed by atoms with Gasteiger partial charge in [-0.05, 0) is 13.0 Å². The SMILES string of the molecule is CC(Cn1ccc(C(F)(F)F)n1)NC(=O)c1cnn(C)c1C(=O)O. The number of hydrogen-bond donors (Lipinski definition) is 2. The minimum Gasteiger partial charge on any atom is -0.477 e. The summed E-state index contributed by atoms with van der Waals surface area (Å²) in [5, 5.41) is 18.7. The number of carbonyl (C=O) groups is 2. The largest absolute Gasteiger partial charge is 0.477 e. The summed E-state index contributed by atoms with van der Waals surface area (Å²) in [4.78, 5) is 23.2. The van der Waals surface area contributed by atoms with Crippen LogP contribution in [0.3, 0.4) is 0 Å². The van der Waals surface area contributed by atoms with Crippen molar-refractivity contribution in [1.29, 1.82) is 0 Å². The van der Waals surface area contributed by atoms with E-state index in [1.165, 1.54) is 7.05 Å². The lowest BCUT2D eigenvalue weighted by molar-refractivity contribution is -0.141. The zero-order valence-electron chi connectivity index (χ0n) is 12.7. The van der Waals surface area contributed by atoms with Crippen LogP contribution in [-0.4, -0.2) is 42.6 Å². The Balaban J connectivity index is 2.05. The highest BCUT2D eigenvalue weighted by Gasteiger charge is 2.33. The van der Waals surface area contributed by atoms with E-state index in [0.717, 1.165) is 27.8 Å². The quantitative estimate of drug-likeness (QED) is 0.846. The Morgan fingerprint density at radius 3 is 2.62 bits per heavy atom. The lowest BCUT2D eigenvalue weighted by Gasteiger charge is -2.14. The Morgan fingerprint density at radius 1 is 1.42 bits per heavy atom. The first-order chi connectivity index (χ1) is 11.1. The fraction of sp³-hybridized carbons (Fsp3) is 0.385. The molecule has 0 bridgehead atoms. The first-order valence-electron chi connectivity index (χ1n) is 6.76. The van der Waals surface area contributed by atoms with Crippen molar-refractivity contribution in [2.24, 2.45) is 7.05 Å². The number of rotatable bonds is 5. The number of carbonyl (C=O) groups excluding carboxylic acids is 1. The number of nitrogens with zero attached hydrogens (tertiary/aromatic N) is 4. The van der Waals surface area contributed by atoms with Crippen LogP contribution in [0, 0.1) is 0 Å². The van der Waals surface area contributed by atoms with Crippen molar-refractivity contribution in [3.05, 3.63) is 35.4 Å². The van der Waals surface area contributed by atoms with Gasteiger partial charge in [-0.3, -0.25) is 14.2 Å². The Morgan fingerprint density at radius 2 is 2.08 bits per heavy atom. The van der Waals surface area contributed by atoms with Gasteiger partial charge in [0.2, 0.25) is 0 Å². The van der Waals surface area contributed by atoms with Gasteiger partial charge in [0.25, 0.3) is 5.91 Å². The number of carboxylic acids is 1. The number of amides is 1. The number of aromatic nitrogens is 4. The fourth-order valence-electron chi connectivity index (χ4n) is 2.10. The smallest absolute Gasteiger partial charge is 0.435 e. The zero-order chi connectivity index (χ0) is 18.1. The van der Waals surface area contributed by atoms with E-state index in [1.54, 1.807) is 6.92 Å². The molecule has 1 amide bonds. The van der Waals surface area contributed by atoms with Crippen molar-refractivity contribution < 1.29 is 27.9 Å². The molecule has 0 saturated carbocycles. The molecule has 0 aliphatic heterocycles. The average molecular weight is 345 g/mol. The van der Waals surface area contributed by atoms with Crippen molar-refractivity contribution in [2.75, 3.05) is 0 Å².